The molecule has 102 valence electrons. The van der Waals surface area contributed by atoms with Gasteiger partial charge in [0.1, 0.15) is 18.0 Å². The summed E-state index contributed by atoms with van der Waals surface area (Å²) in [5.41, 5.74) is 0.512. The molecule has 0 amide bonds. The largest absolute Gasteiger partial charge is 0.388 e. The second-order valence-electron chi connectivity index (χ2n) is 4.60. The second-order valence-corrected chi connectivity index (χ2v) is 5.45. The summed E-state index contributed by atoms with van der Waals surface area (Å²) in [6.45, 7) is 3.98. The van der Waals surface area contributed by atoms with Gasteiger partial charge in [-0.1, -0.05) is 15.9 Å². The van der Waals surface area contributed by atoms with Crippen LogP contribution in [0.15, 0.2) is 29.0 Å². The number of aliphatic hydroxyl groups is 1. The first-order valence-corrected chi connectivity index (χ1v) is 6.79. The van der Waals surface area contributed by atoms with Crippen LogP contribution in [0.1, 0.15) is 37.4 Å². The molecule has 2 rings (SSSR count). The number of hydrogen-bond acceptors (Lipinski definition) is 3. The summed E-state index contributed by atoms with van der Waals surface area (Å²) in [5, 5.41) is 14.3. The van der Waals surface area contributed by atoms with E-state index in [1.54, 1.807) is 10.7 Å². The number of nitrogens with zero attached hydrogens (tertiary/aromatic N) is 3. The Morgan fingerprint density at radius 3 is 2.84 bits per heavy atom. The molecule has 0 aliphatic carbocycles. The molecule has 1 N–H and O–H groups in total. The van der Waals surface area contributed by atoms with Gasteiger partial charge < -0.3 is 5.11 Å². The Balaban J connectivity index is 2.23. The summed E-state index contributed by atoms with van der Waals surface area (Å²) >= 11 is 3.31. The summed E-state index contributed by atoms with van der Waals surface area (Å²) < 4.78 is 15.7. The van der Waals surface area contributed by atoms with Crippen molar-refractivity contribution in [1.29, 1.82) is 0 Å². The number of hydrogen-bond donors (Lipinski definition) is 1. The predicted octanol–water partition coefficient (Wildman–Crippen LogP) is 3.04. The third-order valence-electron chi connectivity index (χ3n) is 2.83. The molecule has 0 saturated heterocycles. The molecular weight excluding hydrogens is 313 g/mol. The lowest BCUT2D eigenvalue weighted by atomic mass is 10.1. The zero-order valence-corrected chi connectivity index (χ0v) is 12.3. The van der Waals surface area contributed by atoms with Crippen LogP contribution in [0.4, 0.5) is 4.39 Å². The van der Waals surface area contributed by atoms with Crippen molar-refractivity contribution in [2.75, 3.05) is 0 Å². The summed E-state index contributed by atoms with van der Waals surface area (Å²) in [7, 11) is 0. The van der Waals surface area contributed by atoms with Gasteiger partial charge in [-0.25, -0.2) is 14.1 Å². The van der Waals surface area contributed by atoms with Crippen molar-refractivity contribution in [3.63, 3.8) is 0 Å². The van der Waals surface area contributed by atoms with E-state index in [0.29, 0.717) is 22.3 Å². The van der Waals surface area contributed by atoms with Gasteiger partial charge in [-0.15, -0.1) is 0 Å². The molecule has 1 aromatic carbocycles. The Morgan fingerprint density at radius 1 is 1.42 bits per heavy atom. The van der Waals surface area contributed by atoms with E-state index < -0.39 is 6.10 Å². The quantitative estimate of drug-likeness (QED) is 0.939. The summed E-state index contributed by atoms with van der Waals surface area (Å²) in [4.78, 5) is 4.14. The van der Waals surface area contributed by atoms with E-state index in [9.17, 15) is 9.50 Å². The molecular formula is C13H15BrFN3O. The summed E-state index contributed by atoms with van der Waals surface area (Å²) in [5.74, 6) is 0.307. The van der Waals surface area contributed by atoms with Crippen molar-refractivity contribution in [2.24, 2.45) is 0 Å². The van der Waals surface area contributed by atoms with Gasteiger partial charge in [-0.05, 0) is 37.6 Å². The predicted molar refractivity (Wildman–Crippen MR) is 73.2 cm³/mol. The van der Waals surface area contributed by atoms with Crippen molar-refractivity contribution in [1.82, 2.24) is 14.8 Å². The molecule has 4 nitrogen and oxygen atoms in total. The lowest BCUT2D eigenvalue weighted by Gasteiger charge is -2.14. The van der Waals surface area contributed by atoms with Gasteiger partial charge in [-0.2, -0.15) is 5.10 Å². The zero-order valence-electron chi connectivity index (χ0n) is 10.7. The summed E-state index contributed by atoms with van der Waals surface area (Å²) in [6.07, 6.45) is 0.926. The van der Waals surface area contributed by atoms with Crippen molar-refractivity contribution in [3.05, 3.63) is 46.2 Å². The van der Waals surface area contributed by atoms with E-state index in [-0.39, 0.29) is 11.9 Å². The number of aromatic nitrogens is 3. The Kier molecular flexibility index (Phi) is 4.31. The molecule has 19 heavy (non-hydrogen) atoms. The fourth-order valence-electron chi connectivity index (χ4n) is 1.90. The van der Waals surface area contributed by atoms with E-state index in [2.05, 4.69) is 26.0 Å². The molecule has 0 aliphatic rings. The fourth-order valence-corrected chi connectivity index (χ4v) is 2.42. The van der Waals surface area contributed by atoms with E-state index in [1.807, 2.05) is 13.8 Å². The van der Waals surface area contributed by atoms with Gasteiger partial charge in [0.2, 0.25) is 0 Å². The fraction of sp³-hybridized carbons (Fsp3) is 0.385. The van der Waals surface area contributed by atoms with E-state index in [4.69, 9.17) is 0 Å². The van der Waals surface area contributed by atoms with Crippen LogP contribution in [-0.2, 0) is 6.42 Å². The van der Waals surface area contributed by atoms with Crippen LogP contribution in [0.3, 0.4) is 0 Å². The van der Waals surface area contributed by atoms with Crippen LogP contribution >= 0.6 is 15.9 Å². The highest BCUT2D eigenvalue weighted by Crippen LogP contribution is 2.26. The topological polar surface area (TPSA) is 50.9 Å². The first-order valence-electron chi connectivity index (χ1n) is 6.00. The van der Waals surface area contributed by atoms with Gasteiger partial charge in [0.25, 0.3) is 0 Å². The molecule has 1 aromatic heterocycles. The monoisotopic (exact) mass is 327 g/mol. The highest BCUT2D eigenvalue weighted by molar-refractivity contribution is 9.10. The van der Waals surface area contributed by atoms with Gasteiger partial charge >= 0.3 is 0 Å². The van der Waals surface area contributed by atoms with Crippen LogP contribution < -0.4 is 0 Å². The maximum absolute atomic E-state index is 13.2. The van der Waals surface area contributed by atoms with Crippen LogP contribution in [0.2, 0.25) is 0 Å². The Morgan fingerprint density at radius 2 is 2.16 bits per heavy atom. The van der Waals surface area contributed by atoms with Gasteiger partial charge in [0, 0.05) is 16.9 Å². The van der Waals surface area contributed by atoms with E-state index >= 15 is 0 Å². The minimum atomic E-state index is -0.827. The average Bonchev–Trinajstić information content (AvgIpc) is 2.80. The molecule has 0 fully saturated rings. The zero-order chi connectivity index (χ0) is 14.0. The average molecular weight is 328 g/mol. The van der Waals surface area contributed by atoms with Crippen molar-refractivity contribution in [3.8, 4) is 0 Å². The molecule has 0 radical (unpaired) electrons. The molecule has 1 atom stereocenters. The Hall–Kier alpha value is -1.27. The maximum atomic E-state index is 13.2. The van der Waals surface area contributed by atoms with Gasteiger partial charge in [-0.3, -0.25) is 0 Å². The molecule has 0 bridgehead atoms. The number of benzene rings is 1. The molecule has 0 spiro atoms. The third kappa shape index (κ3) is 3.19. The van der Waals surface area contributed by atoms with Crippen LogP contribution in [0, 0.1) is 5.82 Å². The molecule has 2 aromatic rings. The normalized spacial score (nSPS) is 12.9. The van der Waals surface area contributed by atoms with Gasteiger partial charge in [0.15, 0.2) is 0 Å². The lowest BCUT2D eigenvalue weighted by molar-refractivity contribution is 0.172. The maximum Gasteiger partial charge on any atom is 0.138 e. The highest BCUT2D eigenvalue weighted by Gasteiger charge is 2.17. The van der Waals surface area contributed by atoms with E-state index in [0.717, 1.165) is 0 Å². The van der Waals surface area contributed by atoms with Crippen molar-refractivity contribution < 1.29 is 9.50 Å². The molecule has 1 unspecified atom stereocenters. The first-order chi connectivity index (χ1) is 8.99. The number of aliphatic hydroxyl groups excluding tert-OH is 1. The molecule has 1 heterocycles. The van der Waals surface area contributed by atoms with Crippen LogP contribution in [0.25, 0.3) is 0 Å². The highest BCUT2D eigenvalue weighted by atomic mass is 79.9. The Labute approximate surface area is 119 Å². The SMILES string of the molecule is CC(C)n1ncnc1CC(O)c1cc(F)ccc1Br. The smallest absolute Gasteiger partial charge is 0.138 e. The van der Waals surface area contributed by atoms with Crippen LogP contribution in [-0.4, -0.2) is 19.9 Å². The van der Waals surface area contributed by atoms with Crippen molar-refractivity contribution >= 4 is 15.9 Å². The van der Waals surface area contributed by atoms with Crippen molar-refractivity contribution in [2.45, 2.75) is 32.4 Å². The molecule has 6 heteroatoms. The first kappa shape index (κ1) is 14.1. The minimum absolute atomic E-state index is 0.167. The standard InChI is InChI=1S/C13H15BrFN3O/c1-8(2)18-13(16-7-17-18)6-12(19)10-5-9(15)3-4-11(10)14/h3-5,7-8,12,19H,6H2,1-2H3. The van der Waals surface area contributed by atoms with E-state index in [1.165, 1.54) is 18.5 Å². The third-order valence-corrected chi connectivity index (χ3v) is 3.55. The molecule has 0 saturated carbocycles. The Bertz CT molecular complexity index is 571. The number of halogens is 2. The minimum Gasteiger partial charge on any atom is -0.388 e. The second kappa shape index (κ2) is 5.79. The van der Waals surface area contributed by atoms with Crippen LogP contribution in [0.5, 0.6) is 0 Å². The molecule has 0 aliphatic heterocycles. The summed E-state index contributed by atoms with van der Waals surface area (Å²) in [6, 6.07) is 4.42. The van der Waals surface area contributed by atoms with Gasteiger partial charge in [0.05, 0.1) is 6.10 Å². The number of rotatable bonds is 4. The lowest BCUT2D eigenvalue weighted by Crippen LogP contribution is -2.12.